The highest BCUT2D eigenvalue weighted by Gasteiger charge is 2.25. The van der Waals surface area contributed by atoms with Crippen molar-refractivity contribution in [2.45, 2.75) is 32.1 Å². The Bertz CT molecular complexity index is 994. The summed E-state index contributed by atoms with van der Waals surface area (Å²) >= 11 is 1.47. The summed E-state index contributed by atoms with van der Waals surface area (Å²) in [4.78, 5) is 28.2. The molecule has 1 aromatic carbocycles. The van der Waals surface area contributed by atoms with Crippen LogP contribution in [0.5, 0.6) is 0 Å². The van der Waals surface area contributed by atoms with Crippen molar-refractivity contribution in [3.05, 3.63) is 58.5 Å². The fourth-order valence-corrected chi connectivity index (χ4v) is 3.82. The van der Waals surface area contributed by atoms with Crippen LogP contribution in [0.15, 0.2) is 47.4 Å². The van der Waals surface area contributed by atoms with Gasteiger partial charge in [-0.3, -0.25) is 9.78 Å². The number of fused-ring (bicyclic) bond motifs is 1. The summed E-state index contributed by atoms with van der Waals surface area (Å²) in [6.07, 6.45) is 2.37. The molecule has 28 heavy (non-hydrogen) atoms. The maximum Gasteiger partial charge on any atom is 0.404 e. The maximum atomic E-state index is 13.1. The van der Waals surface area contributed by atoms with Gasteiger partial charge in [0.2, 0.25) is 5.91 Å². The summed E-state index contributed by atoms with van der Waals surface area (Å²) in [5, 5.41) is 20.0. The molecule has 1 unspecified atom stereocenters. The molecule has 0 aliphatic heterocycles. The molecule has 3 N–H and O–H groups in total. The smallest absolute Gasteiger partial charge is 0.404 e. The number of hydrogen-bond donors (Lipinski definition) is 3. The van der Waals surface area contributed by atoms with E-state index >= 15 is 0 Å². The number of pyridine rings is 1. The van der Waals surface area contributed by atoms with E-state index in [9.17, 15) is 9.59 Å². The van der Waals surface area contributed by atoms with E-state index in [1.807, 2.05) is 35.0 Å². The largest absolute Gasteiger partial charge is 0.465 e. The van der Waals surface area contributed by atoms with Crippen molar-refractivity contribution in [2.75, 3.05) is 11.9 Å². The first-order valence-corrected chi connectivity index (χ1v) is 9.88. The first kappa shape index (κ1) is 19.8. The summed E-state index contributed by atoms with van der Waals surface area (Å²) in [6, 6.07) is 7.74. The molecule has 3 rings (SSSR count). The van der Waals surface area contributed by atoms with Crippen molar-refractivity contribution >= 4 is 39.8 Å². The molecule has 6 nitrogen and oxygen atoms in total. The summed E-state index contributed by atoms with van der Waals surface area (Å²) in [5.41, 5.74) is 2.33. The first-order valence-electron chi connectivity index (χ1n) is 8.93. The Labute approximate surface area is 167 Å². The zero-order chi connectivity index (χ0) is 20.3. The Morgan fingerprint density at radius 2 is 2.00 bits per heavy atom. The minimum absolute atomic E-state index is 0.0141. The average molecular weight is 398 g/mol. The molecule has 2 heterocycles. The van der Waals surface area contributed by atoms with Gasteiger partial charge < -0.3 is 15.7 Å². The lowest BCUT2D eigenvalue weighted by molar-refractivity contribution is -0.117. The summed E-state index contributed by atoms with van der Waals surface area (Å²) in [5.74, 6) is -0.852. The van der Waals surface area contributed by atoms with E-state index < -0.39 is 12.0 Å². The number of carbonyl (C=O) groups excluding carboxylic acids is 1. The van der Waals surface area contributed by atoms with Crippen LogP contribution in [0.4, 0.5) is 10.5 Å². The molecule has 0 saturated heterocycles. The van der Waals surface area contributed by atoms with Gasteiger partial charge in [0.1, 0.15) is 0 Å². The third kappa shape index (κ3) is 4.48. The number of rotatable bonds is 5. The Morgan fingerprint density at radius 1 is 1.21 bits per heavy atom. The van der Waals surface area contributed by atoms with E-state index in [-0.39, 0.29) is 17.9 Å². The molecule has 0 spiro atoms. The van der Waals surface area contributed by atoms with Crippen LogP contribution in [0.3, 0.4) is 0 Å². The van der Waals surface area contributed by atoms with Crippen molar-refractivity contribution in [3.8, 4) is 0 Å². The predicted octanol–water partition coefficient (Wildman–Crippen LogP) is 4.58. The Kier molecular flexibility index (Phi) is 5.65. The number of benzene rings is 1. The number of nitrogens with zero attached hydrogens (tertiary/aromatic N) is 1. The van der Waals surface area contributed by atoms with Gasteiger partial charge in [0.05, 0.1) is 5.92 Å². The van der Waals surface area contributed by atoms with Crippen molar-refractivity contribution in [3.63, 3.8) is 0 Å². The molecule has 1 atom stereocenters. The van der Waals surface area contributed by atoms with Gasteiger partial charge >= 0.3 is 6.09 Å². The standard InChI is InChI=1S/C21H23N3O3S/c1-21(2,3)17-8-15-10-22-6-4-13(15)9-18(17)24-19(25)16(11-23-20(26)27)14-5-7-28-12-14/h4-10,12,16,23H,11H2,1-3H3,(H,24,25)(H,26,27). The second kappa shape index (κ2) is 7.98. The fraction of sp³-hybridized carbons (Fsp3) is 0.286. The van der Waals surface area contributed by atoms with Crippen LogP contribution in [0.2, 0.25) is 0 Å². The molecule has 2 aromatic heterocycles. The second-order valence-electron chi connectivity index (χ2n) is 7.66. The lowest BCUT2D eigenvalue weighted by Crippen LogP contribution is -2.33. The quantitative estimate of drug-likeness (QED) is 0.587. The van der Waals surface area contributed by atoms with Crippen LogP contribution >= 0.6 is 11.3 Å². The van der Waals surface area contributed by atoms with Gasteiger partial charge in [-0.05, 0) is 57.0 Å². The molecule has 0 saturated carbocycles. The van der Waals surface area contributed by atoms with E-state index in [1.165, 1.54) is 11.3 Å². The monoisotopic (exact) mass is 397 g/mol. The predicted molar refractivity (Wildman–Crippen MR) is 112 cm³/mol. The lowest BCUT2D eigenvalue weighted by atomic mass is 9.84. The van der Waals surface area contributed by atoms with Crippen molar-refractivity contribution in [1.29, 1.82) is 0 Å². The second-order valence-corrected chi connectivity index (χ2v) is 8.44. The lowest BCUT2D eigenvalue weighted by Gasteiger charge is -2.25. The average Bonchev–Trinajstić information content (AvgIpc) is 3.14. The zero-order valence-electron chi connectivity index (χ0n) is 16.0. The Balaban J connectivity index is 1.97. The molecule has 0 aliphatic carbocycles. The van der Waals surface area contributed by atoms with Crippen LogP contribution in [0.25, 0.3) is 10.8 Å². The number of carboxylic acid groups (broad SMARTS) is 1. The number of amides is 2. The minimum atomic E-state index is -1.15. The van der Waals surface area contributed by atoms with Crippen molar-refractivity contribution in [1.82, 2.24) is 10.3 Å². The van der Waals surface area contributed by atoms with Gasteiger partial charge in [0.15, 0.2) is 0 Å². The van der Waals surface area contributed by atoms with E-state index in [0.29, 0.717) is 0 Å². The molecule has 0 radical (unpaired) electrons. The SMILES string of the molecule is CC(C)(C)c1cc2cnccc2cc1NC(=O)C(CNC(=O)O)c1ccsc1. The van der Waals surface area contributed by atoms with Crippen LogP contribution in [-0.2, 0) is 10.2 Å². The van der Waals surface area contributed by atoms with Gasteiger partial charge in [-0.2, -0.15) is 11.3 Å². The number of carbonyl (C=O) groups is 2. The summed E-state index contributed by atoms with van der Waals surface area (Å²) < 4.78 is 0. The van der Waals surface area contributed by atoms with E-state index in [2.05, 4.69) is 36.4 Å². The van der Waals surface area contributed by atoms with Gasteiger partial charge in [-0.25, -0.2) is 4.79 Å². The molecule has 2 amide bonds. The number of thiophene rings is 1. The molecule has 0 fully saturated rings. The highest BCUT2D eigenvalue weighted by Crippen LogP contribution is 2.34. The first-order chi connectivity index (χ1) is 13.3. The molecular formula is C21H23N3O3S. The molecule has 7 heteroatoms. The van der Waals surface area contributed by atoms with Crippen molar-refractivity contribution in [2.24, 2.45) is 0 Å². The maximum absolute atomic E-state index is 13.1. The summed E-state index contributed by atoms with van der Waals surface area (Å²) in [6.45, 7) is 6.27. The number of anilines is 1. The number of aromatic nitrogens is 1. The third-order valence-electron chi connectivity index (χ3n) is 4.56. The Morgan fingerprint density at radius 3 is 2.64 bits per heavy atom. The number of hydrogen-bond acceptors (Lipinski definition) is 4. The van der Waals surface area contributed by atoms with E-state index in [4.69, 9.17) is 5.11 Å². The summed E-state index contributed by atoms with van der Waals surface area (Å²) in [7, 11) is 0. The van der Waals surface area contributed by atoms with Crippen LogP contribution in [0, 0.1) is 0 Å². The fourth-order valence-electron chi connectivity index (χ4n) is 3.10. The van der Waals surface area contributed by atoms with E-state index in [1.54, 1.807) is 12.4 Å². The molecule has 0 bridgehead atoms. The van der Waals surface area contributed by atoms with Gasteiger partial charge in [-0.1, -0.05) is 20.8 Å². The topological polar surface area (TPSA) is 91.3 Å². The zero-order valence-corrected chi connectivity index (χ0v) is 16.8. The van der Waals surface area contributed by atoms with Gasteiger partial charge in [0, 0.05) is 30.0 Å². The molecule has 3 aromatic rings. The normalized spacial score (nSPS) is 12.5. The van der Waals surface area contributed by atoms with Gasteiger partial charge in [0.25, 0.3) is 0 Å². The van der Waals surface area contributed by atoms with E-state index in [0.717, 1.165) is 27.6 Å². The molecular weight excluding hydrogens is 374 g/mol. The molecule has 0 aliphatic rings. The van der Waals surface area contributed by atoms with Crippen LogP contribution in [-0.4, -0.2) is 28.6 Å². The van der Waals surface area contributed by atoms with Crippen LogP contribution < -0.4 is 10.6 Å². The highest BCUT2D eigenvalue weighted by atomic mass is 32.1. The highest BCUT2D eigenvalue weighted by molar-refractivity contribution is 7.08. The Hall–Kier alpha value is -2.93. The van der Waals surface area contributed by atoms with Crippen molar-refractivity contribution < 1.29 is 14.7 Å². The number of nitrogens with one attached hydrogen (secondary N) is 2. The third-order valence-corrected chi connectivity index (χ3v) is 5.26. The van der Waals surface area contributed by atoms with Crippen LogP contribution in [0.1, 0.15) is 37.8 Å². The molecule has 146 valence electrons. The van der Waals surface area contributed by atoms with Gasteiger partial charge in [-0.15, -0.1) is 0 Å². The minimum Gasteiger partial charge on any atom is -0.465 e.